The first kappa shape index (κ1) is 28.0. The highest BCUT2D eigenvalue weighted by Gasteiger charge is 2.34. The lowest BCUT2D eigenvalue weighted by Crippen LogP contribution is -2.35. The molecule has 1 N–H and O–H groups in total. The van der Waals surface area contributed by atoms with E-state index < -0.39 is 11.2 Å². The summed E-state index contributed by atoms with van der Waals surface area (Å²) in [6.07, 6.45) is 6.53. The van der Waals surface area contributed by atoms with Gasteiger partial charge in [-0.25, -0.2) is 4.98 Å². The summed E-state index contributed by atoms with van der Waals surface area (Å²) in [4.78, 5) is 27.6. The maximum atomic E-state index is 13.0. The second-order valence-electron chi connectivity index (χ2n) is 11.5. The number of nitrogens with zero attached hydrogens (tertiary/aromatic N) is 6. The molecule has 3 aliphatic heterocycles. The molecule has 1 aromatic carbocycles. The molecule has 1 atom stereocenters. The van der Waals surface area contributed by atoms with E-state index in [9.17, 15) is 9.35 Å². The standard InChI is InChI=1S/C30H39N7O3S/c1-20-18-36(3)34-26(20)19-35(2)29(38)23-6-4-21(5-7-23)22-8-13-37(14-9-22)30-32-25-12-17-41(39)27(25)28(33-30)31-24-10-15-40-16-11-24/h4-7,18,22,24H,8-17,19H2,1-3H3,(H,31,32,33)/t41-/m0/s1. The molecule has 0 bridgehead atoms. The molecular formula is C30H39N7O3S. The fraction of sp³-hybridized carbons (Fsp3) is 0.533. The molecule has 3 aromatic rings. The van der Waals surface area contributed by atoms with E-state index in [1.54, 1.807) is 9.58 Å². The van der Waals surface area contributed by atoms with Gasteiger partial charge in [-0.2, -0.15) is 10.1 Å². The summed E-state index contributed by atoms with van der Waals surface area (Å²) < 4.78 is 20.0. The van der Waals surface area contributed by atoms with Crippen LogP contribution in [0.2, 0.25) is 0 Å². The minimum atomic E-state index is -1.05. The zero-order valence-corrected chi connectivity index (χ0v) is 25.0. The third-order valence-corrected chi connectivity index (χ3v) is 9.95. The topological polar surface area (TPSA) is 111 Å². The number of hydrogen-bond acceptors (Lipinski definition) is 8. The van der Waals surface area contributed by atoms with E-state index in [0.717, 1.165) is 92.0 Å². The average molecular weight is 578 g/mol. The largest absolute Gasteiger partial charge is 0.611 e. The van der Waals surface area contributed by atoms with Crippen molar-refractivity contribution in [2.24, 2.45) is 7.05 Å². The summed E-state index contributed by atoms with van der Waals surface area (Å²) in [7, 11) is 3.72. The quantitative estimate of drug-likeness (QED) is 0.425. The molecule has 10 nitrogen and oxygen atoms in total. The molecule has 1 amide bonds. The molecule has 2 aromatic heterocycles. The molecule has 0 unspecified atom stereocenters. The molecule has 41 heavy (non-hydrogen) atoms. The van der Waals surface area contributed by atoms with E-state index in [-0.39, 0.29) is 11.9 Å². The maximum absolute atomic E-state index is 13.0. The number of fused-ring (bicyclic) bond motifs is 1. The molecule has 2 saturated heterocycles. The van der Waals surface area contributed by atoms with Crippen molar-refractivity contribution in [3.05, 3.63) is 58.5 Å². The maximum Gasteiger partial charge on any atom is 0.253 e. The lowest BCUT2D eigenvalue weighted by Gasteiger charge is -2.33. The molecule has 5 heterocycles. The van der Waals surface area contributed by atoms with Crippen LogP contribution >= 0.6 is 0 Å². The Bertz CT molecular complexity index is 1380. The Morgan fingerprint density at radius 3 is 2.56 bits per heavy atom. The fourth-order valence-electron chi connectivity index (χ4n) is 6.10. The Morgan fingerprint density at radius 2 is 1.88 bits per heavy atom. The number of nitrogens with one attached hydrogen (secondary N) is 1. The first-order chi connectivity index (χ1) is 19.9. The van der Waals surface area contributed by atoms with Crippen LogP contribution in [-0.2, 0) is 35.9 Å². The summed E-state index contributed by atoms with van der Waals surface area (Å²) in [5.41, 5.74) is 4.88. The van der Waals surface area contributed by atoms with Crippen molar-refractivity contribution in [2.75, 3.05) is 49.3 Å². The van der Waals surface area contributed by atoms with Gasteiger partial charge in [0.05, 0.1) is 12.2 Å². The SMILES string of the molecule is Cc1cn(C)nc1CN(C)C(=O)c1ccc(C2CCN(c3nc4c(c(NC5CCOCC5)n3)[S@@+]([O-])CC4)CC2)cc1. The number of piperidine rings is 1. The molecule has 218 valence electrons. The Morgan fingerprint density at radius 1 is 1.15 bits per heavy atom. The minimum Gasteiger partial charge on any atom is -0.611 e. The van der Waals surface area contributed by atoms with Gasteiger partial charge in [0, 0.05) is 64.6 Å². The number of carbonyl (C=O) groups is 1. The van der Waals surface area contributed by atoms with Gasteiger partial charge in [-0.05, 0) is 73.0 Å². The third-order valence-electron chi connectivity index (χ3n) is 8.49. The summed E-state index contributed by atoms with van der Waals surface area (Å²) in [5, 5.41) is 8.05. The molecule has 2 fully saturated rings. The molecule has 11 heteroatoms. The van der Waals surface area contributed by atoms with Crippen LogP contribution in [0, 0.1) is 6.92 Å². The smallest absolute Gasteiger partial charge is 0.253 e. The molecular weight excluding hydrogens is 538 g/mol. The number of rotatable bonds is 7. The second kappa shape index (κ2) is 12.0. The number of anilines is 2. The molecule has 0 aliphatic carbocycles. The van der Waals surface area contributed by atoms with Crippen LogP contribution < -0.4 is 10.2 Å². The van der Waals surface area contributed by atoms with Crippen molar-refractivity contribution in [1.82, 2.24) is 24.6 Å². The van der Waals surface area contributed by atoms with E-state index >= 15 is 0 Å². The van der Waals surface area contributed by atoms with Crippen LogP contribution in [0.3, 0.4) is 0 Å². The summed E-state index contributed by atoms with van der Waals surface area (Å²) in [6, 6.07) is 8.38. The van der Waals surface area contributed by atoms with Crippen LogP contribution in [0.4, 0.5) is 11.8 Å². The number of benzene rings is 1. The van der Waals surface area contributed by atoms with Gasteiger partial charge in [0.1, 0.15) is 11.4 Å². The van der Waals surface area contributed by atoms with Crippen molar-refractivity contribution in [2.45, 2.75) is 62.4 Å². The highest BCUT2D eigenvalue weighted by Crippen LogP contribution is 2.35. The fourth-order valence-corrected chi connectivity index (χ4v) is 7.41. The zero-order chi connectivity index (χ0) is 28.5. The van der Waals surface area contributed by atoms with Crippen LogP contribution in [0.15, 0.2) is 35.4 Å². The highest BCUT2D eigenvalue weighted by molar-refractivity contribution is 7.91. The lowest BCUT2D eigenvalue weighted by atomic mass is 9.89. The summed E-state index contributed by atoms with van der Waals surface area (Å²) in [5.74, 6) is 2.53. The van der Waals surface area contributed by atoms with Crippen molar-refractivity contribution in [3.8, 4) is 0 Å². The number of hydrogen-bond donors (Lipinski definition) is 1. The Kier molecular flexibility index (Phi) is 8.19. The van der Waals surface area contributed by atoms with Crippen molar-refractivity contribution in [3.63, 3.8) is 0 Å². The molecule has 0 radical (unpaired) electrons. The lowest BCUT2D eigenvalue weighted by molar-refractivity contribution is 0.0783. The zero-order valence-electron chi connectivity index (χ0n) is 24.1. The first-order valence-electron chi connectivity index (χ1n) is 14.6. The predicted molar refractivity (Wildman–Crippen MR) is 159 cm³/mol. The predicted octanol–water partition coefficient (Wildman–Crippen LogP) is 3.43. The second-order valence-corrected chi connectivity index (χ2v) is 13.0. The summed E-state index contributed by atoms with van der Waals surface area (Å²) in [6.45, 7) is 5.70. The van der Waals surface area contributed by atoms with E-state index in [1.165, 1.54) is 5.56 Å². The Hall–Kier alpha value is -3.15. The van der Waals surface area contributed by atoms with E-state index in [1.807, 2.05) is 39.3 Å². The van der Waals surface area contributed by atoms with Gasteiger partial charge in [-0.1, -0.05) is 12.1 Å². The van der Waals surface area contributed by atoms with Gasteiger partial charge in [0.25, 0.3) is 5.91 Å². The molecule has 0 spiro atoms. The number of carbonyl (C=O) groups excluding carboxylic acids is 1. The Balaban J connectivity index is 1.09. The van der Waals surface area contributed by atoms with E-state index in [4.69, 9.17) is 14.7 Å². The van der Waals surface area contributed by atoms with Gasteiger partial charge in [-0.15, -0.1) is 0 Å². The molecule has 6 rings (SSSR count). The Labute approximate surface area is 244 Å². The summed E-state index contributed by atoms with van der Waals surface area (Å²) >= 11 is -1.05. The van der Waals surface area contributed by atoms with Crippen molar-refractivity contribution >= 4 is 28.8 Å². The van der Waals surface area contributed by atoms with Crippen LogP contribution in [0.1, 0.15) is 64.5 Å². The number of ether oxygens (including phenoxy) is 1. The average Bonchev–Trinajstić information content (AvgIpc) is 3.53. The van der Waals surface area contributed by atoms with Crippen molar-refractivity contribution in [1.29, 1.82) is 0 Å². The van der Waals surface area contributed by atoms with Gasteiger partial charge >= 0.3 is 0 Å². The highest BCUT2D eigenvalue weighted by atomic mass is 32.2. The minimum absolute atomic E-state index is 0.00345. The van der Waals surface area contributed by atoms with E-state index in [2.05, 4.69) is 27.4 Å². The first-order valence-corrected chi connectivity index (χ1v) is 15.9. The van der Waals surface area contributed by atoms with Gasteiger partial charge in [0.2, 0.25) is 10.8 Å². The number of aryl methyl sites for hydroxylation is 3. The number of aromatic nitrogens is 4. The van der Waals surface area contributed by atoms with E-state index in [0.29, 0.717) is 23.8 Å². The monoisotopic (exact) mass is 577 g/mol. The molecule has 0 saturated carbocycles. The van der Waals surface area contributed by atoms with Crippen LogP contribution in [0.25, 0.3) is 0 Å². The van der Waals surface area contributed by atoms with Gasteiger partial charge < -0.3 is 24.4 Å². The van der Waals surface area contributed by atoms with Gasteiger partial charge in [-0.3, -0.25) is 9.48 Å². The molecule has 3 aliphatic rings. The van der Waals surface area contributed by atoms with Gasteiger partial charge in [0.15, 0.2) is 5.82 Å². The third kappa shape index (κ3) is 6.07. The normalized spacial score (nSPS) is 19.8. The van der Waals surface area contributed by atoms with Crippen LogP contribution in [0.5, 0.6) is 0 Å². The van der Waals surface area contributed by atoms with Crippen molar-refractivity contribution < 1.29 is 14.1 Å². The van der Waals surface area contributed by atoms with Crippen LogP contribution in [-0.4, -0.2) is 80.3 Å². The number of amides is 1.